The summed E-state index contributed by atoms with van der Waals surface area (Å²) in [4.78, 5) is 33.1. The number of benzene rings is 1. The van der Waals surface area contributed by atoms with Crippen molar-refractivity contribution in [2.24, 2.45) is 5.92 Å². The minimum Gasteiger partial charge on any atom is -0.406 e. The summed E-state index contributed by atoms with van der Waals surface area (Å²) in [6, 6.07) is 9.54. The van der Waals surface area contributed by atoms with E-state index in [4.69, 9.17) is 0 Å². The number of amides is 3. The minimum absolute atomic E-state index is 0.0447. The Morgan fingerprint density at radius 3 is 2.42 bits per heavy atom. The van der Waals surface area contributed by atoms with E-state index in [1.54, 1.807) is 18.4 Å². The van der Waals surface area contributed by atoms with Crippen LogP contribution in [0.1, 0.15) is 13.3 Å². The lowest BCUT2D eigenvalue weighted by Gasteiger charge is -2.22. The molecule has 14 heteroatoms. The lowest BCUT2D eigenvalue weighted by atomic mass is 10.1. The molecule has 36 heavy (non-hydrogen) atoms. The molecule has 1 aliphatic carbocycles. The van der Waals surface area contributed by atoms with E-state index < -0.39 is 39.6 Å². The molecular weight excluding hydrogens is 521 g/mol. The Morgan fingerprint density at radius 2 is 1.83 bits per heavy atom. The van der Waals surface area contributed by atoms with Gasteiger partial charge in [-0.05, 0) is 54.1 Å². The van der Waals surface area contributed by atoms with Crippen LogP contribution in [0.15, 0.2) is 64.3 Å². The van der Waals surface area contributed by atoms with Gasteiger partial charge in [0.2, 0.25) is 0 Å². The van der Waals surface area contributed by atoms with Crippen molar-refractivity contribution in [2.45, 2.75) is 29.5 Å². The monoisotopic (exact) mass is 538 g/mol. The number of imide groups is 1. The van der Waals surface area contributed by atoms with Gasteiger partial charge in [-0.25, -0.2) is 23.1 Å². The first-order chi connectivity index (χ1) is 16.9. The molecule has 0 bridgehead atoms. The second kappa shape index (κ2) is 8.20. The zero-order valence-corrected chi connectivity index (χ0v) is 20.0. The van der Waals surface area contributed by atoms with E-state index in [2.05, 4.69) is 14.4 Å². The van der Waals surface area contributed by atoms with Crippen LogP contribution >= 0.6 is 11.3 Å². The summed E-state index contributed by atoms with van der Waals surface area (Å²) >= 11 is 1.03. The topological polar surface area (TPSA) is 109 Å². The van der Waals surface area contributed by atoms with Gasteiger partial charge in [0.1, 0.15) is 21.3 Å². The third kappa shape index (κ3) is 4.05. The molecule has 3 amide bonds. The Bertz CT molecular complexity index is 1450. The zero-order valence-electron chi connectivity index (χ0n) is 18.4. The normalized spacial score (nSPS) is 21.8. The van der Waals surface area contributed by atoms with Crippen LogP contribution in [0.2, 0.25) is 0 Å². The Labute approximate surface area is 207 Å². The quantitative estimate of drug-likeness (QED) is 0.460. The maximum atomic E-state index is 13.5. The maximum Gasteiger partial charge on any atom is 0.573 e. The summed E-state index contributed by atoms with van der Waals surface area (Å²) in [5.74, 6) is -1.27. The molecule has 188 valence electrons. The first kappa shape index (κ1) is 24.1. The molecule has 2 atom stereocenters. The van der Waals surface area contributed by atoms with Gasteiger partial charge in [-0.2, -0.15) is 0 Å². The Kier molecular flexibility index (Phi) is 5.48. The SMILES string of the molecule is CC1CC12C(=O)N(c1ccc(OC(F)(F)F)cc1)C(=O)N2c1ccnc(NS(=O)(=O)c2cccs2)c1. The predicted molar refractivity (Wildman–Crippen MR) is 124 cm³/mol. The number of anilines is 3. The third-order valence-electron chi connectivity index (χ3n) is 5.96. The molecule has 2 fully saturated rings. The number of carbonyl (C=O) groups excluding carboxylic acids is 2. The number of urea groups is 1. The van der Waals surface area contributed by atoms with E-state index in [1.807, 2.05) is 0 Å². The van der Waals surface area contributed by atoms with Crippen LogP contribution in [0, 0.1) is 5.92 Å². The molecular formula is C22H17F3N4O5S2. The smallest absolute Gasteiger partial charge is 0.406 e. The average molecular weight is 539 g/mol. The van der Waals surface area contributed by atoms with Gasteiger partial charge in [0.05, 0.1) is 11.4 Å². The summed E-state index contributed by atoms with van der Waals surface area (Å²) in [5.41, 5.74) is -0.868. The van der Waals surface area contributed by atoms with Crippen molar-refractivity contribution < 1.29 is 35.9 Å². The van der Waals surface area contributed by atoms with Crippen LogP contribution in [-0.2, 0) is 14.8 Å². The number of hydrogen-bond acceptors (Lipinski definition) is 7. The molecule has 2 aromatic heterocycles. The largest absolute Gasteiger partial charge is 0.573 e. The summed E-state index contributed by atoms with van der Waals surface area (Å²) in [6.07, 6.45) is -3.21. The number of alkyl halides is 3. The van der Waals surface area contributed by atoms with Crippen molar-refractivity contribution in [3.63, 3.8) is 0 Å². The second-order valence-corrected chi connectivity index (χ2v) is 11.1. The van der Waals surface area contributed by atoms with Crippen LogP contribution in [0.5, 0.6) is 5.75 Å². The molecule has 3 aromatic rings. The van der Waals surface area contributed by atoms with Crippen molar-refractivity contribution >= 4 is 50.5 Å². The number of hydrogen-bond donors (Lipinski definition) is 1. The van der Waals surface area contributed by atoms with Crippen LogP contribution in [0.25, 0.3) is 0 Å². The van der Waals surface area contributed by atoms with Crippen molar-refractivity contribution in [2.75, 3.05) is 14.5 Å². The highest BCUT2D eigenvalue weighted by atomic mass is 32.2. The van der Waals surface area contributed by atoms with Gasteiger partial charge in [-0.3, -0.25) is 14.4 Å². The van der Waals surface area contributed by atoms with Gasteiger partial charge >= 0.3 is 12.4 Å². The number of pyridine rings is 1. The molecule has 9 nitrogen and oxygen atoms in total. The summed E-state index contributed by atoms with van der Waals surface area (Å²) < 4.78 is 68.9. The number of aromatic nitrogens is 1. The number of nitrogens with one attached hydrogen (secondary N) is 1. The lowest BCUT2D eigenvalue weighted by Crippen LogP contribution is -2.39. The van der Waals surface area contributed by atoms with Crippen molar-refractivity contribution in [3.8, 4) is 5.75 Å². The number of nitrogens with zero attached hydrogens (tertiary/aromatic N) is 3. The number of ether oxygens (including phenoxy) is 1. The van der Waals surface area contributed by atoms with Gasteiger partial charge in [-0.15, -0.1) is 24.5 Å². The molecule has 1 aliphatic heterocycles. The molecule has 3 heterocycles. The molecule has 1 saturated heterocycles. The molecule has 5 rings (SSSR count). The van der Waals surface area contributed by atoms with E-state index >= 15 is 0 Å². The van der Waals surface area contributed by atoms with Gasteiger partial charge in [0, 0.05) is 12.3 Å². The van der Waals surface area contributed by atoms with Crippen LogP contribution < -0.4 is 19.3 Å². The second-order valence-electron chi connectivity index (χ2n) is 8.27. The van der Waals surface area contributed by atoms with E-state index in [-0.39, 0.29) is 27.3 Å². The highest BCUT2D eigenvalue weighted by molar-refractivity contribution is 7.94. The summed E-state index contributed by atoms with van der Waals surface area (Å²) in [7, 11) is -3.90. The molecule has 1 N–H and O–H groups in total. The summed E-state index contributed by atoms with van der Waals surface area (Å²) in [6.45, 7) is 1.80. The van der Waals surface area contributed by atoms with Crippen LogP contribution in [0.4, 0.5) is 35.2 Å². The molecule has 1 aromatic carbocycles. The highest BCUT2D eigenvalue weighted by Crippen LogP contribution is 2.55. The number of halogens is 3. The fourth-order valence-electron chi connectivity index (χ4n) is 4.25. The fourth-order valence-corrected chi connectivity index (χ4v) is 6.24. The summed E-state index contributed by atoms with van der Waals surface area (Å²) in [5, 5.41) is 1.61. The first-order valence-electron chi connectivity index (χ1n) is 10.5. The number of rotatable bonds is 6. The van der Waals surface area contributed by atoms with Crippen molar-refractivity contribution in [3.05, 3.63) is 60.1 Å². The van der Waals surface area contributed by atoms with Crippen LogP contribution in [-0.4, -0.2) is 37.2 Å². The van der Waals surface area contributed by atoms with E-state index in [0.29, 0.717) is 6.42 Å². The van der Waals surface area contributed by atoms with Gasteiger partial charge < -0.3 is 4.74 Å². The highest BCUT2D eigenvalue weighted by Gasteiger charge is 2.70. The molecule has 2 aliphatic rings. The van der Waals surface area contributed by atoms with E-state index in [0.717, 1.165) is 28.4 Å². The molecule has 2 unspecified atom stereocenters. The lowest BCUT2D eigenvalue weighted by molar-refractivity contribution is -0.274. The first-order valence-corrected chi connectivity index (χ1v) is 12.9. The average Bonchev–Trinajstić information content (AvgIpc) is 3.13. The van der Waals surface area contributed by atoms with Crippen molar-refractivity contribution in [1.82, 2.24) is 4.98 Å². The molecule has 0 radical (unpaired) electrons. The standard InChI is InChI=1S/C22H17F3N4O5S2/c1-13-12-21(13)19(30)28(14-4-6-16(7-5-14)34-22(23,24)25)20(31)29(21)15-8-9-26-17(11-15)27-36(32,33)18-3-2-10-35-18/h2-11,13H,12H2,1H3,(H,26,27). The minimum atomic E-state index is -4.88. The zero-order chi connectivity index (χ0) is 25.9. The van der Waals surface area contributed by atoms with E-state index in [1.165, 1.54) is 41.4 Å². The maximum absolute atomic E-state index is 13.5. The van der Waals surface area contributed by atoms with Gasteiger partial charge in [-0.1, -0.05) is 13.0 Å². The van der Waals surface area contributed by atoms with Gasteiger partial charge in [0.15, 0.2) is 0 Å². The number of sulfonamides is 1. The van der Waals surface area contributed by atoms with Gasteiger partial charge in [0.25, 0.3) is 15.9 Å². The third-order valence-corrected chi connectivity index (χ3v) is 8.71. The number of thiophene rings is 1. The fraction of sp³-hybridized carbons (Fsp3) is 0.227. The predicted octanol–water partition coefficient (Wildman–Crippen LogP) is 4.59. The van der Waals surface area contributed by atoms with E-state index in [9.17, 15) is 31.2 Å². The van der Waals surface area contributed by atoms with Crippen LogP contribution in [0.3, 0.4) is 0 Å². The molecule has 1 spiro atoms. The molecule has 1 saturated carbocycles. The Hall–Kier alpha value is -3.65. The number of carbonyl (C=O) groups is 2. The Balaban J connectivity index is 1.46. The van der Waals surface area contributed by atoms with Crippen molar-refractivity contribution in [1.29, 1.82) is 0 Å². The Morgan fingerprint density at radius 1 is 1.14 bits per heavy atom.